The number of benzene rings is 1. The predicted molar refractivity (Wildman–Crippen MR) is 65.9 cm³/mol. The maximum atomic E-state index is 8.78. The third kappa shape index (κ3) is 3.92. The molecule has 17 heavy (non-hydrogen) atoms. The van der Waals surface area contributed by atoms with Gasteiger partial charge in [-0.2, -0.15) is 0 Å². The molecule has 1 unspecified atom stereocenters. The van der Waals surface area contributed by atoms with Gasteiger partial charge < -0.3 is 8.97 Å². The second-order valence-electron chi connectivity index (χ2n) is 3.34. The zero-order valence-corrected chi connectivity index (χ0v) is 10.6. The molecule has 0 saturated heterocycles. The van der Waals surface area contributed by atoms with Crippen LogP contribution < -0.4 is 5.14 Å². The molecule has 94 valence electrons. The van der Waals surface area contributed by atoms with Gasteiger partial charge in [-0.25, -0.2) is 4.98 Å². The molecule has 0 aliphatic carbocycles. The number of aryl methyl sites for hydroxylation is 2. The van der Waals surface area contributed by atoms with Gasteiger partial charge in [-0.1, -0.05) is 26.0 Å². The lowest BCUT2D eigenvalue weighted by Crippen LogP contribution is -1.97. The lowest BCUT2D eigenvalue weighted by molar-refractivity contribution is 0.537. The highest BCUT2D eigenvalue weighted by Gasteiger charge is 2.06. The van der Waals surface area contributed by atoms with Gasteiger partial charge in [-0.3, -0.25) is 9.35 Å². The van der Waals surface area contributed by atoms with Crippen molar-refractivity contribution < 1.29 is 13.2 Å². The maximum Gasteiger partial charge on any atom is 0.195 e. The summed E-state index contributed by atoms with van der Waals surface area (Å²) < 4.78 is 23.1. The largest absolute Gasteiger partial charge is 0.760 e. The molecule has 0 bridgehead atoms. The van der Waals surface area contributed by atoms with Crippen LogP contribution in [0.2, 0.25) is 0 Å². The Hall–Kier alpha value is -1.24. The number of fused-ring (bicyclic) bond motifs is 1. The smallest absolute Gasteiger partial charge is 0.195 e. The van der Waals surface area contributed by atoms with Crippen LogP contribution in [-0.2, 0) is 24.1 Å². The van der Waals surface area contributed by atoms with Crippen molar-refractivity contribution in [2.75, 3.05) is 0 Å². The number of hydrogen-bond donors (Lipinski definition) is 1. The first-order valence-electron chi connectivity index (χ1n) is 5.29. The molecule has 0 aliphatic heterocycles. The number of aromatic nitrogens is 1. The van der Waals surface area contributed by atoms with Crippen LogP contribution in [0.4, 0.5) is 0 Å². The van der Waals surface area contributed by atoms with Crippen molar-refractivity contribution in [1.29, 1.82) is 0 Å². The molecular formula is C11H15N2O3S-. The Morgan fingerprint density at radius 2 is 2.06 bits per heavy atom. The average molecular weight is 255 g/mol. The highest BCUT2D eigenvalue weighted by atomic mass is 32.2. The Labute approximate surface area is 102 Å². The first-order valence-corrected chi connectivity index (χ1v) is 6.43. The summed E-state index contributed by atoms with van der Waals surface area (Å²) in [6.07, 6.45) is 1.87. The fourth-order valence-corrected chi connectivity index (χ4v) is 1.49. The lowest BCUT2D eigenvalue weighted by atomic mass is 10.1. The number of nitrogens with zero attached hydrogens (tertiary/aromatic N) is 1. The van der Waals surface area contributed by atoms with E-state index < -0.39 is 11.3 Å². The molecule has 2 N–H and O–H groups in total. The van der Waals surface area contributed by atoms with E-state index in [2.05, 4.69) is 30.0 Å². The topological polar surface area (TPSA) is 92.2 Å². The van der Waals surface area contributed by atoms with Gasteiger partial charge in [0.25, 0.3) is 0 Å². The van der Waals surface area contributed by atoms with Crippen LogP contribution in [-0.4, -0.2) is 13.7 Å². The number of nitrogens with two attached hydrogens (primary N) is 1. The van der Waals surface area contributed by atoms with Crippen LogP contribution in [0.25, 0.3) is 11.1 Å². The zero-order chi connectivity index (χ0) is 12.8. The lowest BCUT2D eigenvalue weighted by Gasteiger charge is -1.93. The van der Waals surface area contributed by atoms with Crippen molar-refractivity contribution in [3.05, 3.63) is 29.7 Å². The quantitative estimate of drug-likeness (QED) is 0.826. The van der Waals surface area contributed by atoms with Gasteiger partial charge in [-0.15, -0.1) is 0 Å². The standard InChI is InChI=1S/C11H13NO.H3NO2S/c1-3-8-6-5-7-9-11(8)12-10(4-2)13-9;1-4(2)3/h5-7H,3-4H2,1-2H3;1H2,(H,2,3)/p-1. The fourth-order valence-electron chi connectivity index (χ4n) is 1.49. The van der Waals surface area contributed by atoms with Crippen molar-refractivity contribution in [2.45, 2.75) is 26.7 Å². The van der Waals surface area contributed by atoms with Gasteiger partial charge in [0.2, 0.25) is 0 Å². The van der Waals surface area contributed by atoms with Gasteiger partial charge in [0.05, 0.1) is 0 Å². The van der Waals surface area contributed by atoms with Crippen LogP contribution in [0.5, 0.6) is 0 Å². The minimum Gasteiger partial charge on any atom is -0.760 e. The molecule has 0 fully saturated rings. The molecule has 1 heterocycles. The Kier molecular flexibility index (Phi) is 5.27. The number of para-hydroxylation sites is 1. The highest BCUT2D eigenvalue weighted by molar-refractivity contribution is 7.76. The van der Waals surface area contributed by atoms with Crippen molar-refractivity contribution in [3.63, 3.8) is 0 Å². The second kappa shape index (κ2) is 6.48. The van der Waals surface area contributed by atoms with E-state index in [0.29, 0.717) is 0 Å². The van der Waals surface area contributed by atoms with Crippen LogP contribution in [0, 0.1) is 0 Å². The normalized spacial score (nSPS) is 12.0. The molecule has 2 rings (SSSR count). The molecule has 2 aromatic rings. The molecule has 5 nitrogen and oxygen atoms in total. The molecular weight excluding hydrogens is 240 g/mol. The fraction of sp³-hybridized carbons (Fsp3) is 0.364. The summed E-state index contributed by atoms with van der Waals surface area (Å²) >= 11 is -2.36. The first-order chi connectivity index (χ1) is 8.08. The summed E-state index contributed by atoms with van der Waals surface area (Å²) in [5.74, 6) is 0.830. The van der Waals surface area contributed by atoms with Gasteiger partial charge >= 0.3 is 0 Å². The SMILES string of the molecule is CCc1nc2c(CC)cccc2o1.NS(=O)[O-]. The minimum absolute atomic E-state index is 0.830. The van der Waals surface area contributed by atoms with Crippen LogP contribution in [0.15, 0.2) is 22.6 Å². The Morgan fingerprint density at radius 3 is 2.59 bits per heavy atom. The Balaban J connectivity index is 0.000000317. The van der Waals surface area contributed by atoms with Gasteiger partial charge in [0.15, 0.2) is 11.5 Å². The Bertz CT molecular complexity index is 506. The van der Waals surface area contributed by atoms with E-state index in [9.17, 15) is 0 Å². The summed E-state index contributed by atoms with van der Waals surface area (Å²) in [5.41, 5.74) is 3.21. The van der Waals surface area contributed by atoms with E-state index in [1.165, 1.54) is 5.56 Å². The second-order valence-corrected chi connectivity index (χ2v) is 3.86. The summed E-state index contributed by atoms with van der Waals surface area (Å²) in [6, 6.07) is 6.09. The van der Waals surface area contributed by atoms with Crippen LogP contribution in [0.3, 0.4) is 0 Å². The third-order valence-electron chi connectivity index (χ3n) is 2.23. The summed E-state index contributed by atoms with van der Waals surface area (Å²) in [7, 11) is 0. The number of oxazole rings is 1. The van der Waals surface area contributed by atoms with Crippen molar-refractivity contribution in [3.8, 4) is 0 Å². The molecule has 0 spiro atoms. The molecule has 0 amide bonds. The van der Waals surface area contributed by atoms with Gasteiger partial charge in [0, 0.05) is 17.7 Å². The monoisotopic (exact) mass is 255 g/mol. The van der Waals surface area contributed by atoms with Crippen molar-refractivity contribution in [1.82, 2.24) is 4.98 Å². The summed E-state index contributed by atoms with van der Waals surface area (Å²) in [4.78, 5) is 4.44. The third-order valence-corrected chi connectivity index (χ3v) is 2.23. The van der Waals surface area contributed by atoms with Crippen molar-refractivity contribution >= 4 is 22.4 Å². The van der Waals surface area contributed by atoms with E-state index >= 15 is 0 Å². The Morgan fingerprint density at radius 1 is 1.41 bits per heavy atom. The minimum atomic E-state index is -2.36. The molecule has 0 radical (unpaired) electrons. The first kappa shape index (κ1) is 13.8. The zero-order valence-electron chi connectivity index (χ0n) is 9.80. The van der Waals surface area contributed by atoms with E-state index in [4.69, 9.17) is 13.2 Å². The summed E-state index contributed by atoms with van der Waals surface area (Å²) in [6.45, 7) is 4.19. The molecule has 0 aliphatic rings. The van der Waals surface area contributed by atoms with E-state index in [0.717, 1.165) is 29.8 Å². The molecule has 0 saturated carbocycles. The molecule has 1 aromatic heterocycles. The predicted octanol–water partition coefficient (Wildman–Crippen LogP) is 1.69. The van der Waals surface area contributed by atoms with Gasteiger partial charge in [-0.05, 0) is 18.1 Å². The van der Waals surface area contributed by atoms with Gasteiger partial charge in [0.1, 0.15) is 5.52 Å². The average Bonchev–Trinajstić information content (AvgIpc) is 2.70. The van der Waals surface area contributed by atoms with E-state index in [-0.39, 0.29) is 0 Å². The van der Waals surface area contributed by atoms with Crippen LogP contribution in [0.1, 0.15) is 25.3 Å². The van der Waals surface area contributed by atoms with Crippen LogP contribution >= 0.6 is 0 Å². The molecule has 1 atom stereocenters. The maximum absolute atomic E-state index is 8.78. The van der Waals surface area contributed by atoms with E-state index in [1.54, 1.807) is 0 Å². The molecule has 1 aromatic carbocycles. The van der Waals surface area contributed by atoms with E-state index in [1.807, 2.05) is 12.1 Å². The number of hydrogen-bond acceptors (Lipinski definition) is 4. The van der Waals surface area contributed by atoms with Crippen molar-refractivity contribution in [2.24, 2.45) is 5.14 Å². The molecule has 6 heteroatoms. The number of rotatable bonds is 2. The highest BCUT2D eigenvalue weighted by Crippen LogP contribution is 2.19. The summed E-state index contributed by atoms with van der Waals surface area (Å²) in [5, 5.41) is 4.03.